The molecule has 19 heavy (non-hydrogen) atoms. The molecule has 7 heteroatoms. The van der Waals surface area contributed by atoms with E-state index in [0.29, 0.717) is 22.6 Å². The normalized spacial score (nSPS) is 9.84. The molecule has 0 aliphatic carbocycles. The maximum Gasteiger partial charge on any atom is 0.318 e. The van der Waals surface area contributed by atoms with Gasteiger partial charge in [0.25, 0.3) is 0 Å². The zero-order chi connectivity index (χ0) is 14.4. The van der Waals surface area contributed by atoms with Crippen molar-refractivity contribution in [2.24, 2.45) is 5.73 Å². The molecule has 1 aromatic rings. The molecule has 1 aromatic carbocycles. The molecule has 0 spiro atoms. The van der Waals surface area contributed by atoms with E-state index in [1.807, 2.05) is 5.32 Å². The van der Waals surface area contributed by atoms with E-state index in [-0.39, 0.29) is 13.0 Å². The lowest BCUT2D eigenvalue weighted by atomic mass is 10.0. The predicted molar refractivity (Wildman–Crippen MR) is 66.9 cm³/mol. The summed E-state index contributed by atoms with van der Waals surface area (Å²) < 4.78 is 10.2. The molecule has 104 valence electrons. The zero-order valence-corrected chi connectivity index (χ0v) is 10.7. The van der Waals surface area contributed by atoms with Gasteiger partial charge in [0.2, 0.25) is 5.91 Å². The Morgan fingerprint density at radius 1 is 1.21 bits per heavy atom. The van der Waals surface area contributed by atoms with E-state index < -0.39 is 11.9 Å². The number of amides is 3. The minimum Gasteiger partial charge on any atom is -0.493 e. The van der Waals surface area contributed by atoms with Crippen LogP contribution in [-0.4, -0.2) is 31.3 Å². The van der Waals surface area contributed by atoms with Gasteiger partial charge in [-0.2, -0.15) is 0 Å². The number of carbonyl (C=O) groups is 2. The van der Waals surface area contributed by atoms with Crippen molar-refractivity contribution in [1.82, 2.24) is 5.32 Å². The summed E-state index contributed by atoms with van der Waals surface area (Å²) in [6, 6.07) is 2.23. The second-order valence-corrected chi connectivity index (χ2v) is 3.72. The van der Waals surface area contributed by atoms with E-state index in [0.717, 1.165) is 0 Å². The Bertz CT molecular complexity index is 487. The summed E-state index contributed by atoms with van der Waals surface area (Å²) in [6.07, 6.45) is -0.0980. The van der Waals surface area contributed by atoms with Crippen molar-refractivity contribution < 1.29 is 24.2 Å². The van der Waals surface area contributed by atoms with E-state index in [1.165, 1.54) is 14.2 Å². The number of methoxy groups -OCH3 is 2. The van der Waals surface area contributed by atoms with Gasteiger partial charge in [0.15, 0.2) is 11.5 Å². The van der Waals surface area contributed by atoms with E-state index in [2.05, 4.69) is 0 Å². The molecule has 0 unspecified atom stereocenters. The van der Waals surface area contributed by atoms with E-state index in [1.54, 1.807) is 12.1 Å². The summed E-state index contributed by atoms with van der Waals surface area (Å²) in [5, 5.41) is 11.2. The average Bonchev–Trinajstić information content (AvgIpc) is 2.37. The first-order valence-electron chi connectivity index (χ1n) is 5.45. The van der Waals surface area contributed by atoms with Gasteiger partial charge in [0.05, 0.1) is 27.2 Å². The van der Waals surface area contributed by atoms with Crippen LogP contribution < -0.4 is 20.5 Å². The molecule has 0 heterocycles. The molecule has 0 atom stereocenters. The molecule has 0 aliphatic rings. The van der Waals surface area contributed by atoms with Crippen molar-refractivity contribution in [3.05, 3.63) is 23.3 Å². The predicted octanol–water partition coefficient (Wildman–Crippen LogP) is -0.0665. The van der Waals surface area contributed by atoms with Gasteiger partial charge in [-0.05, 0) is 23.3 Å². The Morgan fingerprint density at radius 2 is 1.74 bits per heavy atom. The molecule has 0 saturated carbocycles. The SMILES string of the molecule is COc1cc(CO)c(CC(=O)NC(N)=O)cc1OC. The fourth-order valence-corrected chi connectivity index (χ4v) is 1.63. The summed E-state index contributed by atoms with van der Waals surface area (Å²) in [5.41, 5.74) is 5.89. The highest BCUT2D eigenvalue weighted by Gasteiger charge is 2.14. The van der Waals surface area contributed by atoms with Crippen molar-refractivity contribution in [3.8, 4) is 11.5 Å². The molecule has 0 radical (unpaired) electrons. The van der Waals surface area contributed by atoms with Crippen LogP contribution in [0.25, 0.3) is 0 Å². The van der Waals surface area contributed by atoms with Gasteiger partial charge in [0, 0.05) is 0 Å². The first kappa shape index (κ1) is 14.8. The van der Waals surface area contributed by atoms with E-state index in [9.17, 15) is 14.7 Å². The Hall–Kier alpha value is -2.28. The maximum absolute atomic E-state index is 11.5. The summed E-state index contributed by atoms with van der Waals surface area (Å²) in [7, 11) is 2.93. The van der Waals surface area contributed by atoms with Crippen molar-refractivity contribution in [3.63, 3.8) is 0 Å². The number of aliphatic hydroxyl groups excluding tert-OH is 1. The van der Waals surface area contributed by atoms with E-state index >= 15 is 0 Å². The van der Waals surface area contributed by atoms with Crippen LogP contribution in [0.2, 0.25) is 0 Å². The van der Waals surface area contributed by atoms with Crippen LogP contribution in [0.5, 0.6) is 11.5 Å². The molecule has 0 aliphatic heterocycles. The fourth-order valence-electron chi connectivity index (χ4n) is 1.63. The van der Waals surface area contributed by atoms with Gasteiger partial charge in [-0.25, -0.2) is 4.79 Å². The number of benzene rings is 1. The number of carbonyl (C=O) groups excluding carboxylic acids is 2. The highest BCUT2D eigenvalue weighted by molar-refractivity contribution is 5.94. The summed E-state index contributed by atoms with van der Waals surface area (Å²) in [5.74, 6) is 0.321. The molecule has 7 nitrogen and oxygen atoms in total. The molecular formula is C12H16N2O5. The first-order valence-corrected chi connectivity index (χ1v) is 5.45. The molecule has 0 saturated heterocycles. The summed E-state index contributed by atoms with van der Waals surface area (Å²) in [4.78, 5) is 22.1. The number of nitrogens with one attached hydrogen (secondary N) is 1. The third kappa shape index (κ3) is 3.85. The highest BCUT2D eigenvalue weighted by atomic mass is 16.5. The van der Waals surface area contributed by atoms with Crippen LogP contribution in [0.4, 0.5) is 4.79 Å². The number of nitrogens with two attached hydrogens (primary N) is 1. The van der Waals surface area contributed by atoms with Crippen molar-refractivity contribution >= 4 is 11.9 Å². The lowest BCUT2D eigenvalue weighted by Crippen LogP contribution is -2.36. The standard InChI is InChI=1S/C12H16N2O5/c1-18-9-3-7(5-11(16)14-12(13)17)8(6-15)4-10(9)19-2/h3-4,15H,5-6H2,1-2H3,(H3,13,14,16,17). The molecule has 4 N–H and O–H groups in total. The van der Waals surface area contributed by atoms with Crippen LogP contribution in [0, 0.1) is 0 Å². The Balaban J connectivity index is 3.05. The molecular weight excluding hydrogens is 252 g/mol. The van der Waals surface area contributed by atoms with Crippen LogP contribution in [0.3, 0.4) is 0 Å². The average molecular weight is 268 g/mol. The molecule has 0 fully saturated rings. The number of primary amides is 1. The second kappa shape index (κ2) is 6.60. The molecule has 1 rings (SSSR count). The highest BCUT2D eigenvalue weighted by Crippen LogP contribution is 2.30. The third-order valence-electron chi connectivity index (χ3n) is 2.49. The number of urea groups is 1. The topological polar surface area (TPSA) is 111 Å². The summed E-state index contributed by atoms with van der Waals surface area (Å²) >= 11 is 0. The number of hydrogen-bond acceptors (Lipinski definition) is 5. The Morgan fingerprint density at radius 3 is 2.16 bits per heavy atom. The monoisotopic (exact) mass is 268 g/mol. The fraction of sp³-hybridized carbons (Fsp3) is 0.333. The number of ether oxygens (including phenoxy) is 2. The van der Waals surface area contributed by atoms with Gasteiger partial charge in [-0.1, -0.05) is 0 Å². The van der Waals surface area contributed by atoms with E-state index in [4.69, 9.17) is 15.2 Å². The van der Waals surface area contributed by atoms with Gasteiger partial charge in [0.1, 0.15) is 0 Å². The second-order valence-electron chi connectivity index (χ2n) is 3.72. The van der Waals surface area contributed by atoms with Gasteiger partial charge in [-0.3, -0.25) is 10.1 Å². The molecule has 3 amide bonds. The van der Waals surface area contributed by atoms with Crippen LogP contribution in [0.15, 0.2) is 12.1 Å². The minimum atomic E-state index is -0.920. The molecule has 0 bridgehead atoms. The zero-order valence-electron chi connectivity index (χ0n) is 10.7. The smallest absolute Gasteiger partial charge is 0.318 e. The Labute approximate surface area is 110 Å². The van der Waals surface area contributed by atoms with Crippen LogP contribution in [0.1, 0.15) is 11.1 Å². The van der Waals surface area contributed by atoms with Gasteiger partial charge < -0.3 is 20.3 Å². The summed E-state index contributed by atoms with van der Waals surface area (Å²) in [6.45, 7) is -0.264. The van der Waals surface area contributed by atoms with Crippen LogP contribution >= 0.6 is 0 Å². The minimum absolute atomic E-state index is 0.0980. The third-order valence-corrected chi connectivity index (χ3v) is 2.49. The lowest BCUT2D eigenvalue weighted by molar-refractivity contribution is -0.119. The van der Waals surface area contributed by atoms with Crippen molar-refractivity contribution in [1.29, 1.82) is 0 Å². The van der Waals surface area contributed by atoms with Crippen LogP contribution in [-0.2, 0) is 17.8 Å². The first-order chi connectivity index (χ1) is 9.01. The quantitative estimate of drug-likeness (QED) is 0.692. The Kier molecular flexibility index (Phi) is 5.13. The van der Waals surface area contributed by atoms with Gasteiger partial charge >= 0.3 is 6.03 Å². The lowest BCUT2D eigenvalue weighted by Gasteiger charge is -2.13. The molecule has 0 aromatic heterocycles. The van der Waals surface area contributed by atoms with Gasteiger partial charge in [-0.15, -0.1) is 0 Å². The largest absolute Gasteiger partial charge is 0.493 e. The maximum atomic E-state index is 11.5. The van der Waals surface area contributed by atoms with Crippen molar-refractivity contribution in [2.45, 2.75) is 13.0 Å². The van der Waals surface area contributed by atoms with Crippen molar-refractivity contribution in [2.75, 3.05) is 14.2 Å². The number of rotatable bonds is 5. The number of hydrogen-bond donors (Lipinski definition) is 3. The number of imide groups is 1. The number of aliphatic hydroxyl groups is 1.